The predicted molar refractivity (Wildman–Crippen MR) is 68.1 cm³/mol. The molecule has 1 aromatic carbocycles. The maximum Gasteiger partial charge on any atom is 0.328 e. The first kappa shape index (κ1) is 14.6. The van der Waals surface area contributed by atoms with Gasteiger partial charge in [0.1, 0.15) is 18.2 Å². The van der Waals surface area contributed by atoms with Gasteiger partial charge in [-0.25, -0.2) is 9.18 Å². The minimum atomic E-state index is -0.839. The molecule has 21 heavy (non-hydrogen) atoms. The monoisotopic (exact) mass is 293 g/mol. The lowest BCUT2D eigenvalue weighted by molar-refractivity contribution is -0.142. The number of carbonyl (C=O) groups excluding carboxylic acids is 2. The van der Waals surface area contributed by atoms with Crippen molar-refractivity contribution in [3.05, 3.63) is 35.9 Å². The summed E-state index contributed by atoms with van der Waals surface area (Å²) in [5.74, 6) is -1.70. The Kier molecular flexibility index (Phi) is 4.21. The Balaban J connectivity index is 2.31. The first-order chi connectivity index (χ1) is 10.0. The quantitative estimate of drug-likeness (QED) is 0.802. The molecule has 0 bridgehead atoms. The van der Waals surface area contributed by atoms with E-state index in [1.807, 2.05) is 0 Å². The van der Waals surface area contributed by atoms with Gasteiger partial charge in [-0.15, -0.1) is 5.10 Å². The van der Waals surface area contributed by atoms with Crippen LogP contribution in [0.5, 0.6) is 0 Å². The first-order valence-corrected chi connectivity index (χ1v) is 5.94. The topological polar surface area (TPSA) is 99.0 Å². The minimum Gasteiger partial charge on any atom is -0.467 e. The van der Waals surface area contributed by atoms with Gasteiger partial charge in [-0.3, -0.25) is 4.79 Å². The summed E-state index contributed by atoms with van der Waals surface area (Å²) in [4.78, 5) is 23.5. The third-order valence-corrected chi connectivity index (χ3v) is 2.70. The van der Waals surface area contributed by atoms with Crippen molar-refractivity contribution in [3.8, 4) is 5.69 Å². The number of nitrogens with zero attached hydrogens (tertiary/aromatic N) is 4. The van der Waals surface area contributed by atoms with Crippen LogP contribution >= 0.6 is 0 Å². The van der Waals surface area contributed by atoms with Crippen LogP contribution in [-0.4, -0.2) is 45.2 Å². The fourth-order valence-electron chi connectivity index (χ4n) is 1.67. The highest BCUT2D eigenvalue weighted by atomic mass is 19.1. The second kappa shape index (κ2) is 6.07. The van der Waals surface area contributed by atoms with Crippen molar-refractivity contribution in [2.45, 2.75) is 13.0 Å². The zero-order valence-electron chi connectivity index (χ0n) is 11.3. The third-order valence-electron chi connectivity index (χ3n) is 2.70. The summed E-state index contributed by atoms with van der Waals surface area (Å²) >= 11 is 0. The van der Waals surface area contributed by atoms with Crippen LogP contribution in [-0.2, 0) is 9.53 Å². The number of methoxy groups -OCH3 is 1. The molecule has 1 N–H and O–H groups in total. The maximum atomic E-state index is 13.4. The zero-order chi connectivity index (χ0) is 15.4. The van der Waals surface area contributed by atoms with Crippen molar-refractivity contribution >= 4 is 11.9 Å². The number of nitrogens with one attached hydrogen (secondary N) is 1. The van der Waals surface area contributed by atoms with Gasteiger partial charge in [0.2, 0.25) is 0 Å². The number of hydrogen-bond acceptors (Lipinski definition) is 6. The van der Waals surface area contributed by atoms with Crippen LogP contribution < -0.4 is 5.32 Å². The summed E-state index contributed by atoms with van der Waals surface area (Å²) in [5.41, 5.74) is 0.286. The fraction of sp³-hybridized carbons (Fsp3) is 0.250. The normalized spacial score (nSPS) is 11.8. The van der Waals surface area contributed by atoms with Crippen LogP contribution in [0.3, 0.4) is 0 Å². The molecule has 2 aromatic rings. The van der Waals surface area contributed by atoms with E-state index in [2.05, 4.69) is 25.6 Å². The Morgan fingerprint density at radius 1 is 1.43 bits per heavy atom. The molecule has 2 rings (SSSR count). The van der Waals surface area contributed by atoms with Gasteiger partial charge < -0.3 is 10.1 Å². The number of halogens is 1. The van der Waals surface area contributed by atoms with E-state index in [-0.39, 0.29) is 11.3 Å². The molecule has 0 aliphatic heterocycles. The Morgan fingerprint density at radius 2 is 2.19 bits per heavy atom. The molecular formula is C12H12FN5O3. The van der Waals surface area contributed by atoms with Gasteiger partial charge >= 0.3 is 5.97 Å². The minimum absolute atomic E-state index is 0.124. The van der Waals surface area contributed by atoms with Gasteiger partial charge in [0, 0.05) is 6.07 Å². The van der Waals surface area contributed by atoms with E-state index in [0.717, 1.165) is 16.8 Å². The van der Waals surface area contributed by atoms with Crippen molar-refractivity contribution in [2.24, 2.45) is 0 Å². The van der Waals surface area contributed by atoms with Crippen LogP contribution in [0.25, 0.3) is 5.69 Å². The molecule has 0 spiro atoms. The smallest absolute Gasteiger partial charge is 0.328 e. The number of benzene rings is 1. The van der Waals surface area contributed by atoms with Crippen LogP contribution in [0.15, 0.2) is 24.5 Å². The summed E-state index contributed by atoms with van der Waals surface area (Å²) in [6, 6.07) is 2.69. The molecule has 1 atom stereocenters. The molecule has 0 saturated carbocycles. The van der Waals surface area contributed by atoms with Crippen molar-refractivity contribution in [1.29, 1.82) is 0 Å². The average Bonchev–Trinajstić information content (AvgIpc) is 3.00. The van der Waals surface area contributed by atoms with Gasteiger partial charge in [-0.2, -0.15) is 4.68 Å². The highest BCUT2D eigenvalue weighted by molar-refractivity contribution is 5.99. The Hall–Kier alpha value is -2.84. The molecule has 110 valence electrons. The van der Waals surface area contributed by atoms with Crippen molar-refractivity contribution in [2.75, 3.05) is 7.11 Å². The summed E-state index contributed by atoms with van der Waals surface area (Å²) in [6.07, 6.45) is 1.23. The second-order valence-corrected chi connectivity index (χ2v) is 4.13. The molecule has 1 aromatic heterocycles. The molecule has 0 aliphatic rings. The molecule has 0 aliphatic carbocycles. The summed E-state index contributed by atoms with van der Waals surface area (Å²) < 4.78 is 19.0. The highest BCUT2D eigenvalue weighted by Crippen LogP contribution is 2.15. The van der Waals surface area contributed by atoms with E-state index in [4.69, 9.17) is 0 Å². The van der Waals surface area contributed by atoms with Gasteiger partial charge in [-0.1, -0.05) is 0 Å². The van der Waals surface area contributed by atoms with E-state index in [1.54, 1.807) is 0 Å². The summed E-state index contributed by atoms with van der Waals surface area (Å²) in [6.45, 7) is 1.48. The summed E-state index contributed by atoms with van der Waals surface area (Å²) in [5, 5.41) is 12.9. The lowest BCUT2D eigenvalue weighted by Gasteiger charge is -2.13. The molecule has 1 heterocycles. The number of aromatic nitrogens is 4. The van der Waals surface area contributed by atoms with Crippen molar-refractivity contribution in [1.82, 2.24) is 25.5 Å². The number of esters is 1. The maximum absolute atomic E-state index is 13.4. The first-order valence-electron chi connectivity index (χ1n) is 5.94. The molecule has 0 fully saturated rings. The van der Waals surface area contributed by atoms with Crippen molar-refractivity contribution < 1.29 is 18.7 Å². The second-order valence-electron chi connectivity index (χ2n) is 4.13. The Labute approximate surface area is 118 Å². The number of rotatable bonds is 4. The molecule has 0 radical (unpaired) electrons. The van der Waals surface area contributed by atoms with Gasteiger partial charge in [0.25, 0.3) is 5.91 Å². The van der Waals surface area contributed by atoms with Crippen molar-refractivity contribution in [3.63, 3.8) is 0 Å². The molecule has 8 nitrogen and oxygen atoms in total. The molecule has 0 unspecified atom stereocenters. The molecule has 9 heteroatoms. The van der Waals surface area contributed by atoms with Gasteiger partial charge in [-0.05, 0) is 29.5 Å². The number of hydrogen-bond donors (Lipinski definition) is 1. The van der Waals surface area contributed by atoms with Gasteiger partial charge in [0.05, 0.1) is 18.4 Å². The SMILES string of the molecule is COC(=O)[C@H](C)NC(=O)c1ccc(F)cc1-n1cnnn1. The molecule has 0 saturated heterocycles. The van der Waals surface area contributed by atoms with E-state index in [1.165, 1.54) is 26.4 Å². The predicted octanol–water partition coefficient (Wildman–Crippen LogP) is 0.0927. The average molecular weight is 293 g/mol. The fourth-order valence-corrected chi connectivity index (χ4v) is 1.67. The van der Waals surface area contributed by atoms with E-state index >= 15 is 0 Å². The number of tetrazole rings is 1. The van der Waals surface area contributed by atoms with Crippen LogP contribution in [0.4, 0.5) is 4.39 Å². The molecular weight excluding hydrogens is 281 g/mol. The summed E-state index contributed by atoms with van der Waals surface area (Å²) in [7, 11) is 1.22. The van der Waals surface area contributed by atoms with Crippen LogP contribution in [0, 0.1) is 5.82 Å². The standard InChI is InChI=1S/C12H12FN5O3/c1-7(12(20)21-2)15-11(19)9-4-3-8(13)5-10(9)18-6-14-16-17-18/h3-7H,1-2H3,(H,15,19)/t7-/m0/s1. The number of ether oxygens (including phenoxy) is 1. The number of carbonyl (C=O) groups is 2. The van der Waals surface area contributed by atoms with E-state index in [0.29, 0.717) is 0 Å². The van der Waals surface area contributed by atoms with E-state index < -0.39 is 23.7 Å². The lowest BCUT2D eigenvalue weighted by atomic mass is 10.1. The van der Waals surface area contributed by atoms with Gasteiger partial charge in [0.15, 0.2) is 0 Å². The third kappa shape index (κ3) is 3.19. The zero-order valence-corrected chi connectivity index (χ0v) is 11.3. The Bertz CT molecular complexity index is 659. The lowest BCUT2D eigenvalue weighted by Crippen LogP contribution is -2.39. The van der Waals surface area contributed by atoms with Crippen LogP contribution in [0.1, 0.15) is 17.3 Å². The van der Waals surface area contributed by atoms with Crippen LogP contribution in [0.2, 0.25) is 0 Å². The number of amides is 1. The Morgan fingerprint density at radius 3 is 2.81 bits per heavy atom. The highest BCUT2D eigenvalue weighted by Gasteiger charge is 2.20. The largest absolute Gasteiger partial charge is 0.467 e. The molecule has 1 amide bonds. The van der Waals surface area contributed by atoms with E-state index in [9.17, 15) is 14.0 Å².